The van der Waals surface area contributed by atoms with Gasteiger partial charge in [0.05, 0.1) is 18.5 Å². The number of nitrogens with one attached hydrogen (secondary N) is 1. The van der Waals surface area contributed by atoms with E-state index in [0.29, 0.717) is 0 Å². The molecule has 1 aliphatic rings. The van der Waals surface area contributed by atoms with Crippen molar-refractivity contribution in [3.8, 4) is 11.4 Å². The number of para-hydroxylation sites is 1. The van der Waals surface area contributed by atoms with E-state index in [1.165, 1.54) is 5.56 Å². The van der Waals surface area contributed by atoms with E-state index in [1.54, 1.807) is 7.11 Å². The van der Waals surface area contributed by atoms with E-state index in [0.717, 1.165) is 58.5 Å². The number of nitrogens with zero attached hydrogens (tertiary/aromatic N) is 2. The van der Waals surface area contributed by atoms with E-state index in [-0.39, 0.29) is 0 Å². The van der Waals surface area contributed by atoms with Crippen LogP contribution in [0.1, 0.15) is 22.4 Å². The van der Waals surface area contributed by atoms with Crippen molar-refractivity contribution in [1.82, 2.24) is 9.78 Å². The molecule has 0 spiro atoms. The van der Waals surface area contributed by atoms with Crippen LogP contribution in [0.25, 0.3) is 5.69 Å². The number of fused-ring (bicyclic) bond motifs is 1. The first-order valence-corrected chi connectivity index (χ1v) is 8.78. The second kappa shape index (κ2) is 6.45. The van der Waals surface area contributed by atoms with E-state index in [1.807, 2.05) is 41.9 Å². The molecule has 0 saturated heterocycles. The minimum absolute atomic E-state index is 0.751. The van der Waals surface area contributed by atoms with Crippen LogP contribution < -0.4 is 10.1 Å². The van der Waals surface area contributed by atoms with Gasteiger partial charge in [-0.25, -0.2) is 4.68 Å². The molecule has 4 rings (SSSR count). The highest BCUT2D eigenvalue weighted by molar-refractivity contribution is 6.31. The number of halogens is 1. The standard InChI is InChI=1S/C20H20ClN3O/c1-13-7-8-15(12-17(13)21)24-20-16(9-10-22-20)18(23-24)11-14-5-3-4-6-19(14)25-2/h3-8,12,22H,9-11H2,1-2H3. The first-order valence-electron chi connectivity index (χ1n) is 8.40. The summed E-state index contributed by atoms with van der Waals surface area (Å²) in [7, 11) is 1.71. The molecule has 2 heterocycles. The third-order valence-corrected chi connectivity index (χ3v) is 5.09. The molecule has 4 nitrogen and oxygen atoms in total. The van der Waals surface area contributed by atoms with Crippen LogP contribution in [0.3, 0.4) is 0 Å². The highest BCUT2D eigenvalue weighted by Crippen LogP contribution is 2.32. The molecule has 0 atom stereocenters. The molecular weight excluding hydrogens is 334 g/mol. The smallest absolute Gasteiger partial charge is 0.133 e. The maximum atomic E-state index is 6.31. The van der Waals surface area contributed by atoms with Crippen molar-refractivity contribution in [2.45, 2.75) is 19.8 Å². The maximum absolute atomic E-state index is 6.31. The predicted octanol–water partition coefficient (Wildman–Crippen LogP) is 4.40. The summed E-state index contributed by atoms with van der Waals surface area (Å²) < 4.78 is 7.46. The van der Waals surface area contributed by atoms with Crippen molar-refractivity contribution in [2.24, 2.45) is 0 Å². The lowest BCUT2D eigenvalue weighted by Crippen LogP contribution is -2.05. The number of anilines is 1. The molecule has 1 aromatic heterocycles. The molecule has 0 bridgehead atoms. The Hall–Kier alpha value is -2.46. The van der Waals surface area contributed by atoms with Gasteiger partial charge < -0.3 is 10.1 Å². The van der Waals surface area contributed by atoms with Crippen LogP contribution in [0, 0.1) is 6.92 Å². The molecule has 0 saturated carbocycles. The molecule has 0 amide bonds. The van der Waals surface area contributed by atoms with Gasteiger partial charge in [0.25, 0.3) is 0 Å². The molecule has 5 heteroatoms. The first-order chi connectivity index (χ1) is 12.2. The van der Waals surface area contributed by atoms with Crippen molar-refractivity contribution < 1.29 is 4.74 Å². The third kappa shape index (κ3) is 2.87. The summed E-state index contributed by atoms with van der Waals surface area (Å²) in [5.74, 6) is 1.97. The molecule has 1 aliphatic heterocycles. The number of benzene rings is 2. The fourth-order valence-electron chi connectivity index (χ4n) is 3.32. The zero-order valence-corrected chi connectivity index (χ0v) is 15.1. The Morgan fingerprint density at radius 1 is 1.24 bits per heavy atom. The molecule has 0 unspecified atom stereocenters. The number of hydrogen-bond donors (Lipinski definition) is 1. The molecule has 1 N–H and O–H groups in total. The van der Waals surface area contributed by atoms with Gasteiger partial charge >= 0.3 is 0 Å². The number of aromatic nitrogens is 2. The third-order valence-electron chi connectivity index (χ3n) is 4.68. The summed E-state index contributed by atoms with van der Waals surface area (Å²) in [4.78, 5) is 0. The molecule has 3 aromatic rings. The summed E-state index contributed by atoms with van der Waals surface area (Å²) >= 11 is 6.31. The monoisotopic (exact) mass is 353 g/mol. The first kappa shape index (κ1) is 16.0. The lowest BCUT2D eigenvalue weighted by Gasteiger charge is -2.08. The fraction of sp³-hybridized carbons (Fsp3) is 0.250. The number of rotatable bonds is 4. The van der Waals surface area contributed by atoms with Gasteiger partial charge in [-0.15, -0.1) is 0 Å². The topological polar surface area (TPSA) is 39.1 Å². The van der Waals surface area contributed by atoms with E-state index >= 15 is 0 Å². The van der Waals surface area contributed by atoms with E-state index in [2.05, 4.69) is 17.4 Å². The highest BCUT2D eigenvalue weighted by Gasteiger charge is 2.23. The Balaban J connectivity index is 1.76. The van der Waals surface area contributed by atoms with Gasteiger partial charge in [-0.2, -0.15) is 5.10 Å². The van der Waals surface area contributed by atoms with Crippen molar-refractivity contribution in [3.63, 3.8) is 0 Å². The van der Waals surface area contributed by atoms with E-state index in [9.17, 15) is 0 Å². The van der Waals surface area contributed by atoms with E-state index in [4.69, 9.17) is 21.4 Å². The summed E-state index contributed by atoms with van der Waals surface area (Å²) in [6.07, 6.45) is 1.74. The van der Waals surface area contributed by atoms with Crippen molar-refractivity contribution in [1.29, 1.82) is 0 Å². The number of ether oxygens (including phenoxy) is 1. The second-order valence-corrected chi connectivity index (χ2v) is 6.69. The summed E-state index contributed by atoms with van der Waals surface area (Å²) in [6, 6.07) is 14.2. The maximum Gasteiger partial charge on any atom is 0.133 e. The van der Waals surface area contributed by atoms with Crippen LogP contribution in [-0.2, 0) is 12.8 Å². The number of hydrogen-bond acceptors (Lipinski definition) is 3. The number of methoxy groups -OCH3 is 1. The van der Waals surface area contributed by atoms with Crippen LogP contribution >= 0.6 is 11.6 Å². The summed E-state index contributed by atoms with van der Waals surface area (Å²) in [5.41, 5.74) is 5.55. The molecule has 25 heavy (non-hydrogen) atoms. The Kier molecular flexibility index (Phi) is 4.14. The van der Waals surface area contributed by atoms with Gasteiger partial charge in [0.15, 0.2) is 0 Å². The zero-order valence-electron chi connectivity index (χ0n) is 14.3. The summed E-state index contributed by atoms with van der Waals surface area (Å²) in [6.45, 7) is 2.94. The van der Waals surface area contributed by atoms with Crippen molar-refractivity contribution in [2.75, 3.05) is 19.0 Å². The fourth-order valence-corrected chi connectivity index (χ4v) is 3.49. The van der Waals surface area contributed by atoms with Gasteiger partial charge in [-0.1, -0.05) is 35.9 Å². The Morgan fingerprint density at radius 2 is 2.08 bits per heavy atom. The molecule has 128 valence electrons. The minimum Gasteiger partial charge on any atom is -0.496 e. The minimum atomic E-state index is 0.751. The molecular formula is C20H20ClN3O. The second-order valence-electron chi connectivity index (χ2n) is 6.28. The SMILES string of the molecule is COc1ccccc1Cc1nn(-c2ccc(C)c(Cl)c2)c2c1CCN2. The van der Waals surface area contributed by atoms with E-state index < -0.39 is 0 Å². The van der Waals surface area contributed by atoms with Crippen LogP contribution in [-0.4, -0.2) is 23.4 Å². The Morgan fingerprint density at radius 3 is 2.88 bits per heavy atom. The van der Waals surface area contributed by atoms with Gasteiger partial charge in [-0.05, 0) is 37.1 Å². The quantitative estimate of drug-likeness (QED) is 0.755. The highest BCUT2D eigenvalue weighted by atomic mass is 35.5. The Bertz CT molecular complexity index is 933. The predicted molar refractivity (Wildman–Crippen MR) is 101 cm³/mol. The largest absolute Gasteiger partial charge is 0.496 e. The van der Waals surface area contributed by atoms with Crippen LogP contribution in [0.2, 0.25) is 5.02 Å². The van der Waals surface area contributed by atoms with Crippen LogP contribution in [0.15, 0.2) is 42.5 Å². The average Bonchev–Trinajstić information content (AvgIpc) is 3.22. The average molecular weight is 354 g/mol. The lowest BCUT2D eigenvalue weighted by molar-refractivity contribution is 0.410. The van der Waals surface area contributed by atoms with Gasteiger partial charge in [0.1, 0.15) is 11.6 Å². The van der Waals surface area contributed by atoms with Gasteiger partial charge in [-0.3, -0.25) is 0 Å². The lowest BCUT2D eigenvalue weighted by atomic mass is 10.0. The Labute approximate surface area is 152 Å². The normalized spacial score (nSPS) is 12.8. The van der Waals surface area contributed by atoms with Crippen LogP contribution in [0.4, 0.5) is 5.82 Å². The van der Waals surface area contributed by atoms with Crippen LogP contribution in [0.5, 0.6) is 5.75 Å². The summed E-state index contributed by atoms with van der Waals surface area (Å²) in [5, 5.41) is 9.10. The van der Waals surface area contributed by atoms with Gasteiger partial charge in [0, 0.05) is 29.1 Å². The molecule has 0 radical (unpaired) electrons. The van der Waals surface area contributed by atoms with Crippen molar-refractivity contribution in [3.05, 3.63) is 69.9 Å². The van der Waals surface area contributed by atoms with Crippen molar-refractivity contribution >= 4 is 17.4 Å². The molecule has 0 aliphatic carbocycles. The molecule has 0 fully saturated rings. The zero-order chi connectivity index (χ0) is 17.4. The number of aryl methyl sites for hydroxylation is 1. The van der Waals surface area contributed by atoms with Gasteiger partial charge in [0.2, 0.25) is 0 Å². The molecule has 2 aromatic carbocycles.